The molecule has 7 heteroatoms. The summed E-state index contributed by atoms with van der Waals surface area (Å²) in [5, 5.41) is 10.1. The van der Waals surface area contributed by atoms with E-state index in [4.69, 9.17) is 9.47 Å². The molecule has 1 atom stereocenters. The summed E-state index contributed by atoms with van der Waals surface area (Å²) in [5.41, 5.74) is 1.30. The number of methoxy groups -OCH3 is 2. The topological polar surface area (TPSA) is 71.0 Å². The third-order valence-corrected chi connectivity index (χ3v) is 6.65. The lowest BCUT2D eigenvalue weighted by Gasteiger charge is -2.42. The molecule has 2 saturated heterocycles. The van der Waals surface area contributed by atoms with Crippen molar-refractivity contribution in [2.45, 2.75) is 19.4 Å². The van der Waals surface area contributed by atoms with Gasteiger partial charge in [0.2, 0.25) is 0 Å². The third kappa shape index (κ3) is 3.89. The molecule has 2 aliphatic rings. The maximum absolute atomic E-state index is 10.1. The van der Waals surface area contributed by atoms with Gasteiger partial charge in [-0.05, 0) is 43.5 Å². The van der Waals surface area contributed by atoms with Crippen molar-refractivity contribution in [2.75, 3.05) is 51.9 Å². The smallest absolute Gasteiger partial charge is 0.165 e. The maximum atomic E-state index is 10.1. The number of para-hydroxylation sites is 1. The summed E-state index contributed by atoms with van der Waals surface area (Å²) in [6, 6.07) is 8.01. The molecule has 0 saturated carbocycles. The molecule has 0 radical (unpaired) electrons. The summed E-state index contributed by atoms with van der Waals surface area (Å²) in [6.45, 7) is 4.90. The highest BCUT2D eigenvalue weighted by atomic mass is 16.5. The Morgan fingerprint density at radius 3 is 2.66 bits per heavy atom. The third-order valence-electron chi connectivity index (χ3n) is 6.65. The van der Waals surface area contributed by atoms with Crippen molar-refractivity contribution in [1.82, 2.24) is 14.9 Å². The summed E-state index contributed by atoms with van der Waals surface area (Å²) in [7, 11) is 3.36. The number of ether oxygens (including phenoxy) is 2. The number of hydrogen-bond donors (Lipinski definition) is 1. The van der Waals surface area contributed by atoms with E-state index in [2.05, 4.69) is 25.8 Å². The molecule has 1 N–H and O–H groups in total. The fourth-order valence-electron chi connectivity index (χ4n) is 4.97. The Kier molecular flexibility index (Phi) is 5.87. The average molecular weight is 399 g/mol. The van der Waals surface area contributed by atoms with E-state index in [0.29, 0.717) is 0 Å². The molecule has 156 valence electrons. The van der Waals surface area contributed by atoms with Crippen molar-refractivity contribution in [3.8, 4) is 11.5 Å². The van der Waals surface area contributed by atoms with Crippen LogP contribution in [0.2, 0.25) is 0 Å². The zero-order chi connectivity index (χ0) is 20.3. The molecular weight excluding hydrogens is 368 g/mol. The Morgan fingerprint density at radius 2 is 2.00 bits per heavy atom. The van der Waals surface area contributed by atoms with E-state index in [1.807, 2.05) is 18.2 Å². The predicted octanol–water partition coefficient (Wildman–Crippen LogP) is 2.20. The Bertz CT molecular complexity index is 809. The van der Waals surface area contributed by atoms with Gasteiger partial charge in [-0.3, -0.25) is 4.90 Å². The zero-order valence-electron chi connectivity index (χ0n) is 17.3. The number of rotatable bonds is 6. The van der Waals surface area contributed by atoms with Gasteiger partial charge in [-0.25, -0.2) is 9.97 Å². The molecule has 0 aliphatic carbocycles. The largest absolute Gasteiger partial charge is 0.493 e. The van der Waals surface area contributed by atoms with E-state index in [9.17, 15) is 5.11 Å². The van der Waals surface area contributed by atoms with Gasteiger partial charge >= 0.3 is 0 Å². The zero-order valence-corrected chi connectivity index (χ0v) is 17.3. The number of likely N-dealkylation sites (tertiary alicyclic amines) is 1. The minimum absolute atomic E-state index is 0.147. The Hall–Kier alpha value is -2.38. The molecule has 3 heterocycles. The fraction of sp³-hybridized carbons (Fsp3) is 0.545. The van der Waals surface area contributed by atoms with Gasteiger partial charge in [-0.15, -0.1) is 0 Å². The number of aliphatic hydroxyl groups is 1. The summed E-state index contributed by atoms with van der Waals surface area (Å²) >= 11 is 0. The van der Waals surface area contributed by atoms with E-state index in [-0.39, 0.29) is 17.9 Å². The van der Waals surface area contributed by atoms with Gasteiger partial charge in [-0.1, -0.05) is 12.1 Å². The number of hydrogen-bond acceptors (Lipinski definition) is 7. The minimum atomic E-state index is 0.147. The van der Waals surface area contributed by atoms with Crippen LogP contribution in [0.1, 0.15) is 18.4 Å². The van der Waals surface area contributed by atoms with Crippen LogP contribution < -0.4 is 14.4 Å². The van der Waals surface area contributed by atoms with Crippen molar-refractivity contribution in [1.29, 1.82) is 0 Å². The first kappa shape index (κ1) is 19.9. The molecule has 0 amide bonds. The summed E-state index contributed by atoms with van der Waals surface area (Å²) in [4.78, 5) is 13.2. The van der Waals surface area contributed by atoms with Gasteiger partial charge in [0.1, 0.15) is 12.1 Å². The van der Waals surface area contributed by atoms with Crippen LogP contribution in [0.15, 0.2) is 36.8 Å². The van der Waals surface area contributed by atoms with Gasteiger partial charge in [-0.2, -0.15) is 0 Å². The maximum Gasteiger partial charge on any atom is 0.165 e. The molecule has 2 fully saturated rings. The van der Waals surface area contributed by atoms with E-state index < -0.39 is 0 Å². The lowest BCUT2D eigenvalue weighted by Crippen LogP contribution is -2.44. The Balaban J connectivity index is 1.44. The Morgan fingerprint density at radius 1 is 1.17 bits per heavy atom. The number of aromatic nitrogens is 2. The standard InChI is InChI=1S/C22H30N4O3/c1-28-19-5-3-4-17(21(19)29-2)12-25-10-7-22(8-11-25)15-26(13-18(22)14-27)20-6-9-23-16-24-20/h3-6,9,16,18,27H,7-8,10-15H2,1-2H3. The lowest BCUT2D eigenvalue weighted by molar-refractivity contribution is 0.0503. The van der Waals surface area contributed by atoms with Crippen LogP contribution in [-0.4, -0.2) is 67.0 Å². The molecule has 2 aliphatic heterocycles. The normalized spacial score (nSPS) is 21.5. The number of piperidine rings is 1. The minimum Gasteiger partial charge on any atom is -0.493 e. The highest BCUT2D eigenvalue weighted by molar-refractivity contribution is 5.46. The lowest BCUT2D eigenvalue weighted by atomic mass is 9.71. The predicted molar refractivity (Wildman–Crippen MR) is 111 cm³/mol. The average Bonchev–Trinajstić information content (AvgIpc) is 3.14. The van der Waals surface area contributed by atoms with Crippen LogP contribution in [0.4, 0.5) is 5.82 Å². The van der Waals surface area contributed by atoms with Crippen LogP contribution in [0, 0.1) is 11.3 Å². The molecule has 7 nitrogen and oxygen atoms in total. The summed E-state index contributed by atoms with van der Waals surface area (Å²) in [6.07, 6.45) is 5.53. The van der Waals surface area contributed by atoms with Crippen LogP contribution >= 0.6 is 0 Å². The van der Waals surface area contributed by atoms with Gasteiger partial charge in [0.15, 0.2) is 11.5 Å². The van der Waals surface area contributed by atoms with E-state index in [0.717, 1.165) is 68.4 Å². The number of aliphatic hydroxyl groups excluding tert-OH is 1. The van der Waals surface area contributed by atoms with Crippen molar-refractivity contribution >= 4 is 5.82 Å². The summed E-state index contributed by atoms with van der Waals surface area (Å²) in [5.74, 6) is 2.83. The number of anilines is 1. The molecule has 0 bridgehead atoms. The molecule has 4 rings (SSSR count). The molecule has 1 unspecified atom stereocenters. The summed E-state index contributed by atoms with van der Waals surface area (Å²) < 4.78 is 11.0. The highest BCUT2D eigenvalue weighted by Gasteiger charge is 2.48. The van der Waals surface area contributed by atoms with Crippen LogP contribution in [0.5, 0.6) is 11.5 Å². The fourth-order valence-corrected chi connectivity index (χ4v) is 4.97. The van der Waals surface area contributed by atoms with E-state index >= 15 is 0 Å². The molecule has 1 spiro atoms. The quantitative estimate of drug-likeness (QED) is 0.800. The van der Waals surface area contributed by atoms with Gasteiger partial charge in [0.25, 0.3) is 0 Å². The van der Waals surface area contributed by atoms with Crippen molar-refractivity contribution in [2.24, 2.45) is 11.3 Å². The monoisotopic (exact) mass is 398 g/mol. The first-order chi connectivity index (χ1) is 14.2. The first-order valence-corrected chi connectivity index (χ1v) is 10.2. The Labute approximate surface area is 172 Å². The first-order valence-electron chi connectivity index (χ1n) is 10.2. The number of benzene rings is 1. The SMILES string of the molecule is COc1cccc(CN2CCC3(CC2)CN(c2ccncn2)CC3CO)c1OC. The molecular formula is C22H30N4O3. The second-order valence-corrected chi connectivity index (χ2v) is 8.12. The van der Waals surface area contributed by atoms with E-state index in [1.165, 1.54) is 0 Å². The van der Waals surface area contributed by atoms with E-state index in [1.54, 1.807) is 26.7 Å². The number of nitrogens with zero attached hydrogens (tertiary/aromatic N) is 4. The van der Waals surface area contributed by atoms with Gasteiger partial charge in [0, 0.05) is 43.9 Å². The van der Waals surface area contributed by atoms with Crippen molar-refractivity contribution in [3.63, 3.8) is 0 Å². The molecule has 1 aromatic carbocycles. The van der Waals surface area contributed by atoms with Gasteiger partial charge in [0.05, 0.1) is 14.2 Å². The van der Waals surface area contributed by atoms with Crippen LogP contribution in [0.3, 0.4) is 0 Å². The van der Waals surface area contributed by atoms with Crippen LogP contribution in [-0.2, 0) is 6.54 Å². The molecule has 2 aromatic rings. The van der Waals surface area contributed by atoms with Crippen molar-refractivity contribution < 1.29 is 14.6 Å². The van der Waals surface area contributed by atoms with Crippen molar-refractivity contribution in [3.05, 3.63) is 42.4 Å². The second kappa shape index (κ2) is 8.55. The second-order valence-electron chi connectivity index (χ2n) is 8.12. The molecule has 1 aromatic heterocycles. The van der Waals surface area contributed by atoms with Gasteiger partial charge < -0.3 is 19.5 Å². The highest BCUT2D eigenvalue weighted by Crippen LogP contribution is 2.46. The van der Waals surface area contributed by atoms with Crippen LogP contribution in [0.25, 0.3) is 0 Å². The molecule has 29 heavy (non-hydrogen) atoms.